The maximum atomic E-state index is 12.6. The van der Waals surface area contributed by atoms with E-state index in [2.05, 4.69) is 29.6 Å². The number of fused-ring (bicyclic) bond motifs is 1. The van der Waals surface area contributed by atoms with E-state index in [0.29, 0.717) is 5.69 Å². The van der Waals surface area contributed by atoms with Crippen LogP contribution in [0.3, 0.4) is 0 Å². The molecule has 140 valence electrons. The number of aryl methyl sites for hydroxylation is 1. The molecule has 0 aliphatic carbocycles. The number of aromatic nitrogens is 1. The molecule has 0 atom stereocenters. The van der Waals surface area contributed by atoms with Crippen LogP contribution in [0.25, 0.3) is 22.5 Å². The highest BCUT2D eigenvalue weighted by atomic mass is 16.1. The molecule has 3 aromatic carbocycles. The van der Waals surface area contributed by atoms with Gasteiger partial charge in [-0.25, -0.2) is 0 Å². The Morgan fingerprint density at radius 1 is 0.966 bits per heavy atom. The van der Waals surface area contributed by atoms with Crippen LogP contribution in [0, 0.1) is 18.3 Å². The van der Waals surface area contributed by atoms with Crippen LogP contribution in [0.1, 0.15) is 11.3 Å². The molecular formula is C25H19N3O. The summed E-state index contributed by atoms with van der Waals surface area (Å²) < 4.78 is 1.96. The molecule has 1 amide bonds. The third-order valence-electron chi connectivity index (χ3n) is 4.72. The Morgan fingerprint density at radius 2 is 1.79 bits per heavy atom. The molecule has 4 nitrogen and oxygen atoms in total. The number of rotatable bonds is 4. The van der Waals surface area contributed by atoms with Crippen LogP contribution in [-0.4, -0.2) is 10.5 Å². The lowest BCUT2D eigenvalue weighted by Crippen LogP contribution is -2.13. The van der Waals surface area contributed by atoms with Crippen molar-refractivity contribution in [1.29, 1.82) is 5.26 Å². The lowest BCUT2D eigenvalue weighted by molar-refractivity contribution is -0.112. The number of hydrogen-bond donors (Lipinski definition) is 1. The topological polar surface area (TPSA) is 57.8 Å². The van der Waals surface area contributed by atoms with Crippen LogP contribution in [-0.2, 0) is 4.79 Å². The lowest BCUT2D eigenvalue weighted by atomic mass is 10.1. The Labute approximate surface area is 169 Å². The van der Waals surface area contributed by atoms with Gasteiger partial charge in [0.05, 0.1) is 0 Å². The number of hydrogen-bond acceptors (Lipinski definition) is 2. The average Bonchev–Trinajstić information content (AvgIpc) is 3.20. The molecule has 0 saturated heterocycles. The zero-order valence-electron chi connectivity index (χ0n) is 16.0. The van der Waals surface area contributed by atoms with Crippen molar-refractivity contribution in [2.75, 3.05) is 5.32 Å². The lowest BCUT2D eigenvalue weighted by Gasteiger charge is -2.09. The molecule has 29 heavy (non-hydrogen) atoms. The van der Waals surface area contributed by atoms with Gasteiger partial charge in [0.1, 0.15) is 11.6 Å². The normalized spacial score (nSPS) is 11.2. The SMILES string of the molecule is Cc1cccc(NC(=O)/C(C#N)=C\c2cccn2-c2ccc3ccccc3c2)c1. The summed E-state index contributed by atoms with van der Waals surface area (Å²) in [4.78, 5) is 12.6. The summed E-state index contributed by atoms with van der Waals surface area (Å²) in [5.41, 5.74) is 3.48. The first-order valence-electron chi connectivity index (χ1n) is 9.30. The number of carbonyl (C=O) groups is 1. The minimum atomic E-state index is -0.427. The summed E-state index contributed by atoms with van der Waals surface area (Å²) in [5, 5.41) is 14.6. The van der Waals surface area contributed by atoms with Gasteiger partial charge in [0.25, 0.3) is 5.91 Å². The van der Waals surface area contributed by atoms with Crippen LogP contribution in [0.15, 0.2) is 90.6 Å². The number of benzene rings is 3. The van der Waals surface area contributed by atoms with Gasteiger partial charge in [-0.3, -0.25) is 4.79 Å². The van der Waals surface area contributed by atoms with Gasteiger partial charge in [-0.2, -0.15) is 5.26 Å². The minimum absolute atomic E-state index is 0.0484. The maximum Gasteiger partial charge on any atom is 0.266 e. The second-order valence-corrected chi connectivity index (χ2v) is 6.83. The Balaban J connectivity index is 1.66. The number of amides is 1. The number of nitrogens with one attached hydrogen (secondary N) is 1. The van der Waals surface area contributed by atoms with Crippen molar-refractivity contribution in [3.05, 3.63) is 102 Å². The summed E-state index contributed by atoms with van der Waals surface area (Å²) in [6, 6.07) is 27.6. The summed E-state index contributed by atoms with van der Waals surface area (Å²) in [6.45, 7) is 1.95. The molecule has 4 aromatic rings. The predicted octanol–water partition coefficient (Wildman–Crippen LogP) is 5.48. The summed E-state index contributed by atoms with van der Waals surface area (Å²) in [5.74, 6) is -0.427. The van der Waals surface area contributed by atoms with E-state index in [9.17, 15) is 10.1 Å². The molecule has 0 bridgehead atoms. The van der Waals surface area contributed by atoms with Gasteiger partial charge in [0.15, 0.2) is 0 Å². The third kappa shape index (κ3) is 3.95. The van der Waals surface area contributed by atoms with E-state index in [0.717, 1.165) is 27.7 Å². The summed E-state index contributed by atoms with van der Waals surface area (Å²) in [6.07, 6.45) is 3.53. The zero-order valence-corrected chi connectivity index (χ0v) is 16.0. The van der Waals surface area contributed by atoms with Gasteiger partial charge in [-0.1, -0.05) is 42.5 Å². The summed E-state index contributed by atoms with van der Waals surface area (Å²) in [7, 11) is 0. The van der Waals surface area contributed by atoms with Gasteiger partial charge >= 0.3 is 0 Å². The number of nitrogens with zero attached hydrogens (tertiary/aromatic N) is 2. The molecule has 0 aliphatic rings. The van der Waals surface area contributed by atoms with Crippen LogP contribution in [0.4, 0.5) is 5.69 Å². The van der Waals surface area contributed by atoms with Gasteiger partial charge in [0, 0.05) is 23.3 Å². The van der Waals surface area contributed by atoms with Gasteiger partial charge in [-0.15, -0.1) is 0 Å². The quantitative estimate of drug-likeness (QED) is 0.378. The smallest absolute Gasteiger partial charge is 0.266 e. The standard InChI is InChI=1S/C25H19N3O/c1-18-6-4-9-22(14-18)27-25(29)21(17-26)16-23-10-5-13-28(23)24-12-11-19-7-2-3-8-20(19)15-24/h2-16H,1H3,(H,27,29)/b21-16-. The highest BCUT2D eigenvalue weighted by Gasteiger charge is 2.11. The molecule has 0 aliphatic heterocycles. The van der Waals surface area contributed by atoms with Crippen molar-refractivity contribution in [2.45, 2.75) is 6.92 Å². The fourth-order valence-electron chi connectivity index (χ4n) is 3.29. The third-order valence-corrected chi connectivity index (χ3v) is 4.72. The molecule has 1 N–H and O–H groups in total. The molecule has 0 fully saturated rings. The van der Waals surface area contributed by atoms with Gasteiger partial charge in [0.2, 0.25) is 0 Å². The molecule has 0 radical (unpaired) electrons. The zero-order chi connectivity index (χ0) is 20.2. The Kier molecular flexibility index (Phi) is 4.96. The van der Waals surface area contributed by atoms with Crippen LogP contribution < -0.4 is 5.32 Å². The Morgan fingerprint density at radius 3 is 2.59 bits per heavy atom. The van der Waals surface area contributed by atoms with Crippen molar-refractivity contribution >= 4 is 28.4 Å². The molecule has 0 saturated carbocycles. The van der Waals surface area contributed by atoms with E-state index in [1.165, 1.54) is 0 Å². The highest BCUT2D eigenvalue weighted by molar-refractivity contribution is 6.09. The molecule has 1 heterocycles. The second kappa shape index (κ2) is 7.87. The molecule has 4 rings (SSSR count). The average molecular weight is 377 g/mol. The van der Waals surface area contributed by atoms with E-state index >= 15 is 0 Å². The van der Waals surface area contributed by atoms with Crippen LogP contribution >= 0.6 is 0 Å². The van der Waals surface area contributed by atoms with E-state index in [-0.39, 0.29) is 5.57 Å². The first-order chi connectivity index (χ1) is 14.1. The Hall–Kier alpha value is -4.10. The summed E-state index contributed by atoms with van der Waals surface area (Å²) >= 11 is 0. The van der Waals surface area contributed by atoms with Crippen molar-refractivity contribution in [2.24, 2.45) is 0 Å². The second-order valence-electron chi connectivity index (χ2n) is 6.83. The van der Waals surface area contributed by atoms with Crippen LogP contribution in [0.5, 0.6) is 0 Å². The van der Waals surface area contributed by atoms with Gasteiger partial charge < -0.3 is 9.88 Å². The molecule has 1 aromatic heterocycles. The van der Waals surface area contributed by atoms with Crippen molar-refractivity contribution in [3.8, 4) is 11.8 Å². The van der Waals surface area contributed by atoms with E-state index in [4.69, 9.17) is 0 Å². The first kappa shape index (κ1) is 18.3. The molecule has 0 spiro atoms. The number of anilines is 1. The molecule has 0 unspecified atom stereocenters. The molecule has 4 heteroatoms. The van der Waals surface area contributed by atoms with Gasteiger partial charge in [-0.05, 0) is 65.7 Å². The fourth-order valence-corrected chi connectivity index (χ4v) is 3.29. The molecular weight excluding hydrogens is 358 g/mol. The highest BCUT2D eigenvalue weighted by Crippen LogP contribution is 2.21. The Bertz CT molecular complexity index is 1270. The van der Waals surface area contributed by atoms with E-state index < -0.39 is 5.91 Å². The van der Waals surface area contributed by atoms with Crippen molar-refractivity contribution in [1.82, 2.24) is 4.57 Å². The van der Waals surface area contributed by atoms with Crippen molar-refractivity contribution < 1.29 is 4.79 Å². The minimum Gasteiger partial charge on any atom is -0.321 e. The first-order valence-corrected chi connectivity index (χ1v) is 9.30. The number of carbonyl (C=O) groups excluding carboxylic acids is 1. The van der Waals surface area contributed by atoms with Crippen LogP contribution in [0.2, 0.25) is 0 Å². The van der Waals surface area contributed by atoms with E-state index in [1.807, 2.05) is 72.3 Å². The fraction of sp³-hybridized carbons (Fsp3) is 0.0400. The van der Waals surface area contributed by atoms with E-state index in [1.54, 1.807) is 12.1 Å². The maximum absolute atomic E-state index is 12.6. The monoisotopic (exact) mass is 377 g/mol. The number of nitriles is 1. The predicted molar refractivity (Wildman–Crippen MR) is 117 cm³/mol. The van der Waals surface area contributed by atoms with Crippen molar-refractivity contribution in [3.63, 3.8) is 0 Å². The largest absolute Gasteiger partial charge is 0.321 e.